The van der Waals surface area contributed by atoms with Crippen LogP contribution in [0.4, 0.5) is 4.39 Å². The van der Waals surface area contributed by atoms with E-state index >= 15 is 0 Å². The molecule has 4 heteroatoms. The first-order valence-corrected chi connectivity index (χ1v) is 6.76. The fourth-order valence-corrected chi connectivity index (χ4v) is 2.23. The molecule has 0 saturated carbocycles. The van der Waals surface area contributed by atoms with Crippen molar-refractivity contribution >= 4 is 0 Å². The average molecular weight is 261 g/mol. The highest BCUT2D eigenvalue weighted by molar-refractivity contribution is 5.25. The lowest BCUT2D eigenvalue weighted by atomic mass is 10.1. The van der Waals surface area contributed by atoms with E-state index in [1.54, 1.807) is 0 Å². The normalized spacial score (nSPS) is 12.6. The standard InChI is InChI=1S/C15H20FN3/c1-3-10-19-11-9-18-15(19)14(17-4-2)12-5-7-13(16)8-6-12/h5-9,11,14,17H,3-4,10H2,1-2H3. The maximum atomic E-state index is 13.0. The molecule has 1 aromatic heterocycles. The number of imidazole rings is 1. The number of aryl methyl sites for hydroxylation is 1. The van der Waals surface area contributed by atoms with Crippen molar-refractivity contribution in [2.24, 2.45) is 0 Å². The van der Waals surface area contributed by atoms with Crippen LogP contribution in [0.3, 0.4) is 0 Å². The van der Waals surface area contributed by atoms with Gasteiger partial charge in [0.2, 0.25) is 0 Å². The van der Waals surface area contributed by atoms with Crippen LogP contribution in [-0.4, -0.2) is 16.1 Å². The van der Waals surface area contributed by atoms with Crippen molar-refractivity contribution < 1.29 is 4.39 Å². The van der Waals surface area contributed by atoms with Crippen LogP contribution in [0.2, 0.25) is 0 Å². The molecule has 3 nitrogen and oxygen atoms in total. The quantitative estimate of drug-likeness (QED) is 0.865. The number of aromatic nitrogens is 2. The minimum absolute atomic E-state index is 0.00662. The van der Waals surface area contributed by atoms with E-state index in [1.807, 2.05) is 24.5 Å². The molecule has 0 aliphatic carbocycles. The summed E-state index contributed by atoms with van der Waals surface area (Å²) in [4.78, 5) is 4.46. The highest BCUT2D eigenvalue weighted by Crippen LogP contribution is 2.21. The molecule has 1 N–H and O–H groups in total. The van der Waals surface area contributed by atoms with Crippen LogP contribution in [0.1, 0.15) is 37.7 Å². The van der Waals surface area contributed by atoms with Crippen molar-refractivity contribution in [3.8, 4) is 0 Å². The largest absolute Gasteiger partial charge is 0.333 e. The molecule has 0 spiro atoms. The van der Waals surface area contributed by atoms with Crippen molar-refractivity contribution in [1.82, 2.24) is 14.9 Å². The summed E-state index contributed by atoms with van der Waals surface area (Å²) in [6, 6.07) is 6.62. The van der Waals surface area contributed by atoms with E-state index in [0.29, 0.717) is 0 Å². The monoisotopic (exact) mass is 261 g/mol. The van der Waals surface area contributed by atoms with Crippen molar-refractivity contribution in [2.45, 2.75) is 32.9 Å². The molecule has 19 heavy (non-hydrogen) atoms. The minimum atomic E-state index is -0.212. The second kappa shape index (κ2) is 6.48. The molecule has 0 fully saturated rings. The van der Waals surface area contributed by atoms with Gasteiger partial charge in [-0.15, -0.1) is 0 Å². The number of benzene rings is 1. The zero-order chi connectivity index (χ0) is 13.7. The summed E-state index contributed by atoms with van der Waals surface area (Å²) in [5.74, 6) is 0.770. The van der Waals surface area contributed by atoms with Gasteiger partial charge >= 0.3 is 0 Å². The lowest BCUT2D eigenvalue weighted by molar-refractivity contribution is 0.542. The third-order valence-electron chi connectivity index (χ3n) is 3.08. The second-order valence-electron chi connectivity index (χ2n) is 4.52. The number of halogens is 1. The van der Waals surface area contributed by atoms with Crippen molar-refractivity contribution in [3.63, 3.8) is 0 Å². The Morgan fingerprint density at radius 1 is 1.26 bits per heavy atom. The van der Waals surface area contributed by atoms with Gasteiger partial charge in [-0.05, 0) is 30.7 Å². The van der Waals surface area contributed by atoms with Crippen molar-refractivity contribution in [1.29, 1.82) is 0 Å². The van der Waals surface area contributed by atoms with Gasteiger partial charge in [0.1, 0.15) is 11.6 Å². The number of hydrogen-bond donors (Lipinski definition) is 1. The van der Waals surface area contributed by atoms with Crippen molar-refractivity contribution in [2.75, 3.05) is 6.54 Å². The Labute approximate surface area is 113 Å². The highest BCUT2D eigenvalue weighted by Gasteiger charge is 2.17. The Morgan fingerprint density at radius 2 is 2.00 bits per heavy atom. The van der Waals surface area contributed by atoms with Crippen LogP contribution in [0.25, 0.3) is 0 Å². The smallest absolute Gasteiger partial charge is 0.130 e. The molecule has 0 aliphatic rings. The molecule has 0 saturated heterocycles. The first-order valence-electron chi connectivity index (χ1n) is 6.76. The first-order chi connectivity index (χ1) is 9.26. The van der Waals surface area contributed by atoms with E-state index in [-0.39, 0.29) is 11.9 Å². The summed E-state index contributed by atoms with van der Waals surface area (Å²) >= 11 is 0. The van der Waals surface area contributed by atoms with Crippen LogP contribution >= 0.6 is 0 Å². The Kier molecular flexibility index (Phi) is 4.68. The fraction of sp³-hybridized carbons (Fsp3) is 0.400. The van der Waals surface area contributed by atoms with Gasteiger partial charge in [0.15, 0.2) is 0 Å². The van der Waals surface area contributed by atoms with Gasteiger partial charge in [-0.2, -0.15) is 0 Å². The van der Waals surface area contributed by atoms with Gasteiger partial charge in [0.05, 0.1) is 6.04 Å². The summed E-state index contributed by atoms with van der Waals surface area (Å²) in [6.07, 6.45) is 4.87. The highest BCUT2D eigenvalue weighted by atomic mass is 19.1. The Hall–Kier alpha value is -1.68. The summed E-state index contributed by atoms with van der Waals surface area (Å²) < 4.78 is 15.2. The van der Waals surface area contributed by atoms with Crippen LogP contribution < -0.4 is 5.32 Å². The van der Waals surface area contributed by atoms with E-state index in [2.05, 4.69) is 28.7 Å². The maximum absolute atomic E-state index is 13.0. The summed E-state index contributed by atoms with van der Waals surface area (Å²) in [5, 5.41) is 3.41. The molecule has 1 unspecified atom stereocenters. The van der Waals surface area contributed by atoms with Gasteiger partial charge < -0.3 is 9.88 Å². The molecule has 1 aromatic carbocycles. The zero-order valence-electron chi connectivity index (χ0n) is 11.4. The van der Waals surface area contributed by atoms with Crippen molar-refractivity contribution in [3.05, 3.63) is 53.9 Å². The second-order valence-corrected chi connectivity index (χ2v) is 4.52. The van der Waals surface area contributed by atoms with E-state index in [0.717, 1.165) is 30.9 Å². The molecule has 0 aliphatic heterocycles. The van der Waals surface area contributed by atoms with Crippen LogP contribution in [0, 0.1) is 5.82 Å². The van der Waals surface area contributed by atoms with E-state index in [1.165, 1.54) is 12.1 Å². The number of rotatable bonds is 6. The lowest BCUT2D eigenvalue weighted by Gasteiger charge is -2.19. The summed E-state index contributed by atoms with van der Waals surface area (Å²) in [5.41, 5.74) is 1.03. The van der Waals surface area contributed by atoms with Gasteiger partial charge in [-0.3, -0.25) is 0 Å². The van der Waals surface area contributed by atoms with Crippen LogP contribution in [0.15, 0.2) is 36.7 Å². The predicted molar refractivity (Wildman–Crippen MR) is 74.4 cm³/mol. The molecular formula is C15H20FN3. The summed E-state index contributed by atoms with van der Waals surface area (Å²) in [7, 11) is 0. The number of hydrogen-bond acceptors (Lipinski definition) is 2. The molecule has 2 rings (SSSR count). The molecule has 1 atom stereocenters. The summed E-state index contributed by atoms with van der Waals surface area (Å²) in [6.45, 7) is 5.98. The Bertz CT molecular complexity index is 504. The van der Waals surface area contributed by atoms with Gasteiger partial charge in [0.25, 0.3) is 0 Å². The fourth-order valence-electron chi connectivity index (χ4n) is 2.23. The molecule has 102 valence electrons. The SMILES string of the molecule is CCCn1ccnc1C(NCC)c1ccc(F)cc1. The third-order valence-corrected chi connectivity index (χ3v) is 3.08. The number of nitrogens with one attached hydrogen (secondary N) is 1. The Morgan fingerprint density at radius 3 is 2.63 bits per heavy atom. The van der Waals surface area contributed by atoms with Crippen LogP contribution in [-0.2, 0) is 6.54 Å². The molecule has 0 radical (unpaired) electrons. The molecular weight excluding hydrogens is 241 g/mol. The lowest BCUT2D eigenvalue weighted by Crippen LogP contribution is -2.25. The van der Waals surface area contributed by atoms with Gasteiger partial charge in [-0.25, -0.2) is 9.37 Å². The van der Waals surface area contributed by atoms with E-state index < -0.39 is 0 Å². The molecule has 2 aromatic rings. The molecule has 0 bridgehead atoms. The predicted octanol–water partition coefficient (Wildman–Crippen LogP) is 3.13. The van der Waals surface area contributed by atoms with Gasteiger partial charge in [0, 0.05) is 18.9 Å². The van der Waals surface area contributed by atoms with E-state index in [9.17, 15) is 4.39 Å². The first kappa shape index (κ1) is 13.7. The molecule has 0 amide bonds. The van der Waals surface area contributed by atoms with Crippen LogP contribution in [0.5, 0.6) is 0 Å². The maximum Gasteiger partial charge on any atom is 0.130 e. The molecule has 1 heterocycles. The zero-order valence-corrected chi connectivity index (χ0v) is 11.4. The van der Waals surface area contributed by atoms with Gasteiger partial charge in [-0.1, -0.05) is 26.0 Å². The third kappa shape index (κ3) is 3.20. The topological polar surface area (TPSA) is 29.9 Å². The Balaban J connectivity index is 2.33. The number of nitrogens with zero attached hydrogens (tertiary/aromatic N) is 2. The minimum Gasteiger partial charge on any atom is -0.333 e. The average Bonchev–Trinajstić information content (AvgIpc) is 2.86. The van der Waals surface area contributed by atoms with E-state index in [4.69, 9.17) is 0 Å².